The molecule has 0 saturated carbocycles. The van der Waals surface area contributed by atoms with Crippen molar-refractivity contribution in [3.05, 3.63) is 65.7 Å². The molecule has 2 atom stereocenters. The molecule has 112 valence electrons. The van der Waals surface area contributed by atoms with Crippen molar-refractivity contribution in [1.29, 1.82) is 0 Å². The SMILES string of the molecule is O[C@H]1C=Cc2c(ccc3ccc4c5ccccc5sc4c23)[C@@H]1O. The molecule has 3 heteroatoms. The van der Waals surface area contributed by atoms with Crippen LogP contribution in [0.3, 0.4) is 0 Å². The Morgan fingerprint density at radius 2 is 1.70 bits per heavy atom. The van der Waals surface area contributed by atoms with Gasteiger partial charge in [-0.05, 0) is 22.6 Å². The zero-order chi connectivity index (χ0) is 15.6. The van der Waals surface area contributed by atoms with Crippen LogP contribution in [-0.2, 0) is 0 Å². The zero-order valence-electron chi connectivity index (χ0n) is 12.2. The average Bonchev–Trinajstić information content (AvgIpc) is 2.96. The van der Waals surface area contributed by atoms with Crippen LogP contribution in [0.2, 0.25) is 0 Å². The largest absolute Gasteiger partial charge is 0.386 e. The summed E-state index contributed by atoms with van der Waals surface area (Å²) in [4.78, 5) is 0. The average molecular weight is 318 g/mol. The van der Waals surface area contributed by atoms with Crippen molar-refractivity contribution in [2.45, 2.75) is 12.2 Å². The molecule has 2 N–H and O–H groups in total. The van der Waals surface area contributed by atoms with Gasteiger partial charge in [0.05, 0.1) is 0 Å². The molecule has 23 heavy (non-hydrogen) atoms. The van der Waals surface area contributed by atoms with Gasteiger partial charge in [-0.1, -0.05) is 54.6 Å². The molecule has 4 aromatic rings. The Bertz CT molecular complexity index is 1110. The highest BCUT2D eigenvalue weighted by molar-refractivity contribution is 7.26. The maximum atomic E-state index is 10.3. The van der Waals surface area contributed by atoms with Crippen molar-refractivity contribution in [3.8, 4) is 0 Å². The normalized spacial score (nSPS) is 20.4. The van der Waals surface area contributed by atoms with Gasteiger partial charge < -0.3 is 10.2 Å². The molecular formula is C20H14O2S. The van der Waals surface area contributed by atoms with Crippen molar-refractivity contribution in [1.82, 2.24) is 0 Å². The molecular weight excluding hydrogens is 304 g/mol. The second-order valence-corrected chi connectivity index (χ2v) is 7.05. The Hall–Kier alpha value is -2.20. The maximum Gasteiger partial charge on any atom is 0.109 e. The second kappa shape index (κ2) is 4.65. The van der Waals surface area contributed by atoms with E-state index in [9.17, 15) is 10.2 Å². The minimum Gasteiger partial charge on any atom is -0.386 e. The molecule has 0 fully saturated rings. The van der Waals surface area contributed by atoms with Crippen molar-refractivity contribution >= 4 is 48.4 Å². The van der Waals surface area contributed by atoms with E-state index in [4.69, 9.17) is 0 Å². The highest BCUT2D eigenvalue weighted by Crippen LogP contribution is 2.42. The van der Waals surface area contributed by atoms with E-state index in [1.165, 1.54) is 25.6 Å². The molecule has 2 nitrogen and oxygen atoms in total. The molecule has 0 spiro atoms. The number of rotatable bonds is 0. The minimum atomic E-state index is -0.857. The van der Waals surface area contributed by atoms with Crippen LogP contribution in [0.25, 0.3) is 37.0 Å². The summed E-state index contributed by atoms with van der Waals surface area (Å²) in [5.74, 6) is 0. The lowest BCUT2D eigenvalue weighted by Crippen LogP contribution is -2.19. The molecule has 0 aliphatic heterocycles. The lowest BCUT2D eigenvalue weighted by Gasteiger charge is -2.23. The fourth-order valence-corrected chi connectivity index (χ4v) is 4.83. The Balaban J connectivity index is 1.99. The van der Waals surface area contributed by atoms with Crippen molar-refractivity contribution < 1.29 is 10.2 Å². The summed E-state index contributed by atoms with van der Waals surface area (Å²) in [5, 5.41) is 25.0. The summed E-state index contributed by atoms with van der Waals surface area (Å²) in [6, 6.07) is 16.7. The van der Waals surface area contributed by atoms with E-state index in [1.807, 2.05) is 18.2 Å². The van der Waals surface area contributed by atoms with Gasteiger partial charge in [-0.3, -0.25) is 0 Å². The fraction of sp³-hybridized carbons (Fsp3) is 0.100. The van der Waals surface area contributed by atoms with Gasteiger partial charge in [-0.2, -0.15) is 0 Å². The number of hydrogen-bond acceptors (Lipinski definition) is 3. The number of aliphatic hydroxyl groups excluding tert-OH is 2. The summed E-state index contributed by atoms with van der Waals surface area (Å²) >= 11 is 1.79. The van der Waals surface area contributed by atoms with E-state index in [-0.39, 0.29) is 0 Å². The molecule has 0 saturated heterocycles. The van der Waals surface area contributed by atoms with Gasteiger partial charge in [0.2, 0.25) is 0 Å². The van der Waals surface area contributed by atoms with Gasteiger partial charge in [-0.15, -0.1) is 11.3 Å². The molecule has 1 aliphatic carbocycles. The predicted molar refractivity (Wildman–Crippen MR) is 96.8 cm³/mol. The number of fused-ring (bicyclic) bond motifs is 7. The second-order valence-electron chi connectivity index (χ2n) is 6.00. The third-order valence-corrected chi connectivity index (χ3v) is 5.91. The van der Waals surface area contributed by atoms with E-state index >= 15 is 0 Å². The van der Waals surface area contributed by atoms with Gasteiger partial charge in [0.1, 0.15) is 12.2 Å². The molecule has 1 heterocycles. The van der Waals surface area contributed by atoms with Crippen LogP contribution in [-0.4, -0.2) is 16.3 Å². The molecule has 0 unspecified atom stereocenters. The minimum absolute atomic E-state index is 0.803. The number of thiophene rings is 1. The molecule has 5 rings (SSSR count). The summed E-state index contributed by atoms with van der Waals surface area (Å²) < 4.78 is 2.52. The zero-order valence-corrected chi connectivity index (χ0v) is 13.0. The van der Waals surface area contributed by atoms with Gasteiger partial charge in [0.25, 0.3) is 0 Å². The lowest BCUT2D eigenvalue weighted by molar-refractivity contribution is 0.0471. The first-order valence-corrected chi connectivity index (χ1v) is 8.47. The Morgan fingerprint density at radius 1 is 0.870 bits per heavy atom. The third kappa shape index (κ3) is 1.75. The van der Waals surface area contributed by atoms with Crippen LogP contribution in [0.5, 0.6) is 0 Å². The summed E-state index contributed by atoms with van der Waals surface area (Å²) in [6.45, 7) is 0. The van der Waals surface area contributed by atoms with Gasteiger partial charge in [-0.25, -0.2) is 0 Å². The van der Waals surface area contributed by atoms with Gasteiger partial charge in [0, 0.05) is 25.6 Å². The van der Waals surface area contributed by atoms with Crippen LogP contribution in [0.1, 0.15) is 17.2 Å². The topological polar surface area (TPSA) is 40.5 Å². The standard InChI is InChI=1S/C20H14O2S/c21-16-10-9-13-14(19(16)22)7-5-11-6-8-15-12-3-1-2-4-17(12)23-20(15)18(11)13/h1-10,16,19,21-22H/t16-,19-/m0/s1. The van der Waals surface area contributed by atoms with Crippen LogP contribution in [0, 0.1) is 0 Å². The first-order valence-electron chi connectivity index (χ1n) is 7.65. The monoisotopic (exact) mass is 318 g/mol. The highest BCUT2D eigenvalue weighted by Gasteiger charge is 2.24. The summed E-state index contributed by atoms with van der Waals surface area (Å²) in [6.07, 6.45) is 1.93. The lowest BCUT2D eigenvalue weighted by atomic mass is 9.88. The van der Waals surface area contributed by atoms with E-state index in [2.05, 4.69) is 36.4 Å². The molecule has 1 aliphatic rings. The third-order valence-electron chi connectivity index (χ3n) is 4.70. The van der Waals surface area contributed by atoms with Crippen molar-refractivity contribution in [3.63, 3.8) is 0 Å². The smallest absolute Gasteiger partial charge is 0.109 e. The summed E-state index contributed by atoms with van der Waals surface area (Å²) in [5.41, 5.74) is 1.83. The number of benzene rings is 3. The molecule has 0 radical (unpaired) electrons. The first-order chi connectivity index (χ1) is 11.2. The van der Waals surface area contributed by atoms with Gasteiger partial charge in [0.15, 0.2) is 0 Å². The Labute approximate surface area is 136 Å². The van der Waals surface area contributed by atoms with Gasteiger partial charge >= 0.3 is 0 Å². The predicted octanol–water partition coefficient (Wildman–Crippen LogP) is 4.63. The van der Waals surface area contributed by atoms with E-state index < -0.39 is 12.2 Å². The van der Waals surface area contributed by atoms with Crippen molar-refractivity contribution in [2.75, 3.05) is 0 Å². The quantitative estimate of drug-likeness (QED) is 0.496. The molecule has 0 bridgehead atoms. The Kier molecular flexibility index (Phi) is 2.68. The first kappa shape index (κ1) is 13.3. The molecule has 1 aromatic heterocycles. The van der Waals surface area contributed by atoms with Crippen LogP contribution in [0.4, 0.5) is 0 Å². The van der Waals surface area contributed by atoms with Crippen LogP contribution in [0.15, 0.2) is 54.6 Å². The van der Waals surface area contributed by atoms with Crippen LogP contribution >= 0.6 is 11.3 Å². The fourth-order valence-electron chi connectivity index (χ4n) is 3.56. The van der Waals surface area contributed by atoms with E-state index in [1.54, 1.807) is 17.4 Å². The number of aliphatic hydroxyl groups is 2. The van der Waals surface area contributed by atoms with E-state index in [0.29, 0.717) is 0 Å². The maximum absolute atomic E-state index is 10.3. The molecule has 0 amide bonds. The van der Waals surface area contributed by atoms with E-state index in [0.717, 1.165) is 16.5 Å². The number of hydrogen-bond donors (Lipinski definition) is 2. The Morgan fingerprint density at radius 3 is 2.61 bits per heavy atom. The van der Waals surface area contributed by atoms with Crippen molar-refractivity contribution in [2.24, 2.45) is 0 Å². The van der Waals surface area contributed by atoms with Crippen LogP contribution < -0.4 is 0 Å². The highest BCUT2D eigenvalue weighted by atomic mass is 32.1. The summed E-state index contributed by atoms with van der Waals surface area (Å²) in [7, 11) is 0. The molecule has 3 aromatic carbocycles.